The topological polar surface area (TPSA) is 121 Å². The summed E-state index contributed by atoms with van der Waals surface area (Å²) in [5.74, 6) is -0.815. The Balaban J connectivity index is 2.12. The van der Waals surface area contributed by atoms with Crippen LogP contribution in [0.3, 0.4) is 0 Å². The molecule has 1 N–H and O–H groups in total. The minimum atomic E-state index is -0.731. The summed E-state index contributed by atoms with van der Waals surface area (Å²) in [7, 11) is 0. The normalized spacial score (nSPS) is 10.4. The summed E-state index contributed by atoms with van der Waals surface area (Å²) < 4.78 is 10.3. The molecule has 0 aliphatic heterocycles. The molecular weight excluding hydrogens is 366 g/mol. The molecule has 0 bridgehead atoms. The van der Waals surface area contributed by atoms with Gasteiger partial charge in [-0.15, -0.1) is 0 Å². The Kier molecular flexibility index (Phi) is 7.02. The fourth-order valence-corrected chi connectivity index (χ4v) is 2.29. The molecule has 0 aliphatic carbocycles. The van der Waals surface area contributed by atoms with Crippen molar-refractivity contribution in [3.05, 3.63) is 63.3 Å². The van der Waals surface area contributed by atoms with Crippen molar-refractivity contribution in [2.45, 2.75) is 33.4 Å². The molecule has 9 nitrogen and oxygen atoms in total. The van der Waals surface area contributed by atoms with Crippen molar-refractivity contribution in [2.75, 3.05) is 6.61 Å². The summed E-state index contributed by atoms with van der Waals surface area (Å²) in [4.78, 5) is 38.9. The molecule has 0 spiro atoms. The summed E-state index contributed by atoms with van der Waals surface area (Å²) in [5, 5.41) is 13.7. The Morgan fingerprint density at radius 1 is 1.21 bits per heavy atom. The average molecular weight is 387 g/mol. The van der Waals surface area contributed by atoms with E-state index in [1.165, 1.54) is 6.07 Å². The van der Waals surface area contributed by atoms with Crippen LogP contribution in [-0.4, -0.2) is 34.5 Å². The molecule has 0 fully saturated rings. The molecule has 0 atom stereocenters. The second-order valence-electron chi connectivity index (χ2n) is 6.10. The average Bonchev–Trinajstić information content (AvgIpc) is 2.66. The first kappa shape index (κ1) is 20.8. The van der Waals surface area contributed by atoms with Crippen LogP contribution in [0.15, 0.2) is 36.5 Å². The lowest BCUT2D eigenvalue weighted by atomic mass is 10.1. The maximum atomic E-state index is 12.4. The fraction of sp³-hybridized carbons (Fsp3) is 0.316. The molecule has 1 aromatic carbocycles. The van der Waals surface area contributed by atoms with Gasteiger partial charge in [0.15, 0.2) is 0 Å². The molecule has 1 heterocycles. The maximum Gasteiger partial charge on any atom is 0.338 e. The highest BCUT2D eigenvalue weighted by molar-refractivity contribution is 5.98. The van der Waals surface area contributed by atoms with Crippen LogP contribution in [-0.2, 0) is 11.3 Å². The van der Waals surface area contributed by atoms with Crippen LogP contribution < -0.4 is 10.1 Å². The highest BCUT2D eigenvalue weighted by Crippen LogP contribution is 2.18. The number of non-ortho nitro benzene ring substituents is 1. The van der Waals surface area contributed by atoms with E-state index in [0.717, 1.165) is 17.7 Å². The molecule has 9 heteroatoms. The molecular formula is C19H21N3O6. The summed E-state index contributed by atoms with van der Waals surface area (Å²) in [6.07, 6.45) is 1.57. The number of benzene rings is 1. The van der Waals surface area contributed by atoms with Gasteiger partial charge in [-0.1, -0.05) is 6.07 Å². The smallest absolute Gasteiger partial charge is 0.338 e. The van der Waals surface area contributed by atoms with Crippen molar-refractivity contribution >= 4 is 17.6 Å². The van der Waals surface area contributed by atoms with Crippen LogP contribution in [0.2, 0.25) is 0 Å². The van der Waals surface area contributed by atoms with Crippen LogP contribution in [0.1, 0.15) is 47.1 Å². The number of aromatic nitrogens is 1. The van der Waals surface area contributed by atoms with Crippen LogP contribution in [0.25, 0.3) is 0 Å². The van der Waals surface area contributed by atoms with E-state index in [-0.39, 0.29) is 36.1 Å². The van der Waals surface area contributed by atoms with E-state index in [4.69, 9.17) is 9.47 Å². The number of amides is 1. The predicted octanol–water partition coefficient (Wildman–Crippen LogP) is 2.88. The van der Waals surface area contributed by atoms with E-state index in [2.05, 4.69) is 10.3 Å². The first-order chi connectivity index (χ1) is 13.3. The number of rotatable bonds is 8. The molecule has 2 rings (SSSR count). The summed E-state index contributed by atoms with van der Waals surface area (Å²) in [5.41, 5.74) is 0.288. The van der Waals surface area contributed by atoms with E-state index < -0.39 is 16.8 Å². The lowest BCUT2D eigenvalue weighted by Crippen LogP contribution is -2.23. The number of hydrogen-bond donors (Lipinski definition) is 1. The van der Waals surface area contributed by atoms with Crippen molar-refractivity contribution in [1.82, 2.24) is 10.3 Å². The molecule has 1 amide bonds. The summed E-state index contributed by atoms with van der Waals surface area (Å²) in [6, 6.07) is 6.89. The van der Waals surface area contributed by atoms with Crippen LogP contribution in [0.5, 0.6) is 5.88 Å². The quantitative estimate of drug-likeness (QED) is 0.420. The van der Waals surface area contributed by atoms with E-state index in [1.54, 1.807) is 25.3 Å². The highest BCUT2D eigenvalue weighted by Gasteiger charge is 2.18. The first-order valence-electron chi connectivity index (χ1n) is 8.66. The van der Waals surface area contributed by atoms with Crippen LogP contribution in [0.4, 0.5) is 5.69 Å². The Morgan fingerprint density at radius 2 is 1.93 bits per heavy atom. The molecule has 148 valence electrons. The number of nitro groups is 1. The van der Waals surface area contributed by atoms with Crippen LogP contribution >= 0.6 is 0 Å². The molecule has 0 saturated carbocycles. The maximum absolute atomic E-state index is 12.4. The molecule has 0 unspecified atom stereocenters. The van der Waals surface area contributed by atoms with E-state index in [1.807, 2.05) is 13.8 Å². The zero-order valence-electron chi connectivity index (χ0n) is 15.8. The van der Waals surface area contributed by atoms with Crippen LogP contribution in [0, 0.1) is 10.1 Å². The van der Waals surface area contributed by atoms with Crippen molar-refractivity contribution in [3.63, 3.8) is 0 Å². The van der Waals surface area contributed by atoms with Gasteiger partial charge in [0.25, 0.3) is 11.6 Å². The SMILES string of the molecule is CCOC(=O)c1cc(C(=O)NCc2ccc(OC(C)C)nc2)cc([N+](=O)[O-])c1. The van der Waals surface area contributed by atoms with E-state index in [0.29, 0.717) is 5.88 Å². The predicted molar refractivity (Wildman–Crippen MR) is 100 cm³/mol. The summed E-state index contributed by atoms with van der Waals surface area (Å²) >= 11 is 0. The van der Waals surface area contributed by atoms with E-state index in [9.17, 15) is 19.7 Å². The lowest BCUT2D eigenvalue weighted by molar-refractivity contribution is -0.384. The zero-order valence-corrected chi connectivity index (χ0v) is 15.8. The van der Waals surface area contributed by atoms with Gasteiger partial charge in [0, 0.05) is 36.5 Å². The molecule has 28 heavy (non-hydrogen) atoms. The van der Waals surface area contributed by atoms with Gasteiger partial charge < -0.3 is 14.8 Å². The van der Waals surface area contributed by atoms with Gasteiger partial charge in [-0.05, 0) is 32.4 Å². The van der Waals surface area contributed by atoms with Gasteiger partial charge >= 0.3 is 5.97 Å². The number of hydrogen-bond acceptors (Lipinski definition) is 7. The van der Waals surface area contributed by atoms with Gasteiger partial charge in [-0.25, -0.2) is 9.78 Å². The van der Waals surface area contributed by atoms with Gasteiger partial charge in [0.1, 0.15) is 0 Å². The van der Waals surface area contributed by atoms with Gasteiger partial charge in [-0.2, -0.15) is 0 Å². The Labute approximate surface area is 161 Å². The first-order valence-corrected chi connectivity index (χ1v) is 8.66. The second-order valence-corrected chi connectivity index (χ2v) is 6.10. The van der Waals surface area contributed by atoms with Gasteiger partial charge in [-0.3, -0.25) is 14.9 Å². The third kappa shape index (κ3) is 5.76. The van der Waals surface area contributed by atoms with Crippen molar-refractivity contribution in [3.8, 4) is 5.88 Å². The highest BCUT2D eigenvalue weighted by atomic mass is 16.6. The number of pyridine rings is 1. The Bertz CT molecular complexity index is 864. The van der Waals surface area contributed by atoms with Crippen molar-refractivity contribution in [1.29, 1.82) is 0 Å². The van der Waals surface area contributed by atoms with Gasteiger partial charge in [0.05, 0.1) is 23.2 Å². The minimum absolute atomic E-state index is 0.000480. The monoisotopic (exact) mass is 387 g/mol. The fourth-order valence-electron chi connectivity index (χ4n) is 2.29. The molecule has 2 aromatic rings. The number of carbonyl (C=O) groups excluding carboxylic acids is 2. The molecule has 1 aromatic heterocycles. The lowest BCUT2D eigenvalue weighted by Gasteiger charge is -2.10. The van der Waals surface area contributed by atoms with Crippen molar-refractivity contribution < 1.29 is 24.0 Å². The number of nitrogens with zero attached hydrogens (tertiary/aromatic N) is 2. The Hall–Kier alpha value is -3.49. The largest absolute Gasteiger partial charge is 0.475 e. The minimum Gasteiger partial charge on any atom is -0.475 e. The summed E-state index contributed by atoms with van der Waals surface area (Å²) in [6.45, 7) is 5.67. The number of nitrogens with one attached hydrogen (secondary N) is 1. The third-order valence-electron chi connectivity index (χ3n) is 3.51. The second kappa shape index (κ2) is 9.45. The van der Waals surface area contributed by atoms with E-state index >= 15 is 0 Å². The standard InChI is InChI=1S/C19H21N3O6/c1-4-27-19(24)15-7-14(8-16(9-15)22(25)26)18(23)21-11-13-5-6-17(20-10-13)28-12(2)3/h5-10,12H,4,11H2,1-3H3,(H,21,23). The number of nitro benzene ring substituents is 1. The molecule has 0 aliphatic rings. The van der Waals surface area contributed by atoms with Gasteiger partial charge in [0.2, 0.25) is 5.88 Å². The number of ether oxygens (including phenoxy) is 2. The third-order valence-corrected chi connectivity index (χ3v) is 3.51. The number of esters is 1. The number of carbonyl (C=O) groups is 2. The Morgan fingerprint density at radius 3 is 2.50 bits per heavy atom. The molecule has 0 radical (unpaired) electrons. The van der Waals surface area contributed by atoms with Crippen molar-refractivity contribution in [2.24, 2.45) is 0 Å². The molecule has 0 saturated heterocycles. The zero-order chi connectivity index (χ0) is 20.7.